The van der Waals surface area contributed by atoms with Crippen molar-refractivity contribution in [3.8, 4) is 28.0 Å². The summed E-state index contributed by atoms with van der Waals surface area (Å²) in [5.74, 6) is -3.87. The fourth-order valence-corrected chi connectivity index (χ4v) is 10.9. The number of ether oxygens (including phenoxy) is 3. The molecule has 4 aliphatic rings. The molecule has 0 spiro atoms. The van der Waals surface area contributed by atoms with Crippen molar-refractivity contribution in [2.45, 2.75) is 126 Å². The summed E-state index contributed by atoms with van der Waals surface area (Å²) in [4.78, 5) is 54.9. The van der Waals surface area contributed by atoms with E-state index in [9.17, 15) is 40.4 Å². The normalized spacial score (nSPS) is 24.4. The molecule has 8 rings (SSSR count). The van der Waals surface area contributed by atoms with Gasteiger partial charge in [0.1, 0.15) is 45.9 Å². The number of fused-ring (bicyclic) bond motifs is 3. The lowest BCUT2D eigenvalue weighted by Gasteiger charge is -2.30. The first-order valence-electron chi connectivity index (χ1n) is 22.0. The van der Waals surface area contributed by atoms with E-state index in [0.717, 1.165) is 23.4 Å². The van der Waals surface area contributed by atoms with E-state index in [-0.39, 0.29) is 37.4 Å². The number of benzene rings is 2. The van der Waals surface area contributed by atoms with Crippen LogP contribution in [0, 0.1) is 18.7 Å². The molecule has 2 aromatic carbocycles. The summed E-state index contributed by atoms with van der Waals surface area (Å²) in [6.07, 6.45) is 1.26. The van der Waals surface area contributed by atoms with E-state index in [2.05, 4.69) is 20.1 Å². The number of nitrogens with one attached hydrogen (secondary N) is 3. The van der Waals surface area contributed by atoms with Gasteiger partial charge in [0.15, 0.2) is 11.6 Å². The van der Waals surface area contributed by atoms with Gasteiger partial charge < -0.3 is 29.7 Å². The molecule has 5 unspecified atom stereocenters. The monoisotopic (exact) mass is 956 g/mol. The molecule has 354 valence electrons. The highest BCUT2D eigenvalue weighted by Gasteiger charge is 2.63. The first-order valence-corrected chi connectivity index (χ1v) is 24.4. The number of hydrogen-bond acceptors (Lipinski definition) is 12. The van der Waals surface area contributed by atoms with Crippen LogP contribution in [0.3, 0.4) is 0 Å². The fourth-order valence-electron chi connectivity index (χ4n) is 8.60. The number of hydrogen-bond donors (Lipinski definition) is 3. The van der Waals surface area contributed by atoms with Crippen molar-refractivity contribution in [3.05, 3.63) is 71.0 Å². The van der Waals surface area contributed by atoms with Crippen LogP contribution in [-0.4, -0.2) is 89.5 Å². The van der Waals surface area contributed by atoms with E-state index < -0.39 is 80.1 Å². The number of amides is 3. The molecule has 20 heteroatoms. The number of thiazole rings is 1. The highest BCUT2D eigenvalue weighted by Crippen LogP contribution is 2.48. The number of halogens is 4. The number of carbonyl (C=O) groups is 3. The largest absolute Gasteiger partial charge is 0.573 e. The third-order valence-corrected chi connectivity index (χ3v) is 16.0. The number of rotatable bonds is 11. The molecule has 4 aromatic rings. The van der Waals surface area contributed by atoms with Gasteiger partial charge in [-0.25, -0.2) is 22.8 Å². The average Bonchev–Trinajstić information content (AvgIpc) is 4.03. The number of nitrogens with zero attached hydrogens (tertiary/aromatic N) is 3. The number of aromatic nitrogens is 2. The van der Waals surface area contributed by atoms with E-state index >= 15 is 0 Å². The van der Waals surface area contributed by atoms with E-state index in [1.165, 1.54) is 22.3 Å². The predicted octanol–water partition coefficient (Wildman–Crippen LogP) is 8.06. The quantitative estimate of drug-likeness (QED) is 0.0979. The topological polar surface area (TPSA) is 178 Å². The number of sulfonamides is 1. The summed E-state index contributed by atoms with van der Waals surface area (Å²) in [6, 6.07) is 5.81. The summed E-state index contributed by atoms with van der Waals surface area (Å²) < 4.78 is 97.9. The van der Waals surface area contributed by atoms with Gasteiger partial charge in [0.2, 0.25) is 21.8 Å². The molecule has 2 aliphatic heterocycles. The van der Waals surface area contributed by atoms with Crippen molar-refractivity contribution in [2.75, 3.05) is 19.0 Å². The van der Waals surface area contributed by atoms with Gasteiger partial charge >= 0.3 is 6.36 Å². The van der Waals surface area contributed by atoms with Crippen molar-refractivity contribution < 1.29 is 54.6 Å². The van der Waals surface area contributed by atoms with Crippen molar-refractivity contribution >= 4 is 55.7 Å². The minimum atomic E-state index is -5.13. The molecular weight excluding hydrogens is 905 g/mol. The second kappa shape index (κ2) is 18.0. The van der Waals surface area contributed by atoms with Crippen LogP contribution < -0.4 is 29.6 Å². The molecule has 3 amide bonds. The Balaban J connectivity index is 1.15. The number of pyridine rings is 1. The van der Waals surface area contributed by atoms with Crippen LogP contribution in [0.15, 0.2) is 53.9 Å². The number of carbonyl (C=O) groups excluding carboxylic acids is 3. The maximum absolute atomic E-state index is 15.0. The van der Waals surface area contributed by atoms with Gasteiger partial charge in [-0.3, -0.25) is 19.1 Å². The lowest BCUT2D eigenvalue weighted by atomic mass is 10.0. The molecule has 2 saturated carbocycles. The van der Waals surface area contributed by atoms with Crippen molar-refractivity contribution in [1.82, 2.24) is 24.9 Å². The minimum absolute atomic E-state index is 0.000584. The van der Waals surface area contributed by atoms with Gasteiger partial charge in [0.25, 0.3) is 5.91 Å². The highest BCUT2D eigenvalue weighted by molar-refractivity contribution is 7.91. The van der Waals surface area contributed by atoms with Crippen LogP contribution in [0.2, 0.25) is 0 Å². The third kappa shape index (κ3) is 9.66. The standard InChI is InChI=1S/C46H52F4N6O8S2/c1-25(2)34-24-65-41(53-34)33-21-38(30-14-16-36(62-5)26(3)39(30)52-33)63-29-20-35-40(57)54-45(43(59)55-66(60,61)44(4)17-18-44)22-27(45)11-9-7-6-8-10-12-32(42(58)56(35)23-29)51-28-13-15-37(31(47)19-28)64-46(48,49)50/h9,11,13-16,19,21,24-25,27,29,32,35,51H,6-8,10,12,17-18,20,22-23H2,1-5H3,(H,54,57)(H,55,59). The summed E-state index contributed by atoms with van der Waals surface area (Å²) in [6.45, 7) is 7.38. The van der Waals surface area contributed by atoms with Gasteiger partial charge in [-0.15, -0.1) is 24.5 Å². The molecule has 4 heterocycles. The lowest BCUT2D eigenvalue weighted by molar-refractivity contribution is -0.275. The van der Waals surface area contributed by atoms with Crippen LogP contribution in [-0.2, 0) is 24.4 Å². The molecule has 3 N–H and O–H groups in total. The summed E-state index contributed by atoms with van der Waals surface area (Å²) in [5.41, 5.74) is 1.14. The van der Waals surface area contributed by atoms with Gasteiger partial charge in [-0.1, -0.05) is 38.8 Å². The van der Waals surface area contributed by atoms with Crippen LogP contribution in [0.5, 0.6) is 17.2 Å². The average molecular weight is 957 g/mol. The highest BCUT2D eigenvalue weighted by atomic mass is 32.2. The van der Waals surface area contributed by atoms with E-state index in [1.807, 2.05) is 44.4 Å². The van der Waals surface area contributed by atoms with Crippen molar-refractivity contribution in [1.29, 1.82) is 0 Å². The molecule has 2 aromatic heterocycles. The smallest absolute Gasteiger partial charge is 0.496 e. The van der Waals surface area contributed by atoms with Crippen LogP contribution in [0.4, 0.5) is 23.2 Å². The maximum atomic E-state index is 15.0. The van der Waals surface area contributed by atoms with E-state index in [1.54, 1.807) is 26.2 Å². The number of anilines is 1. The number of methoxy groups -OCH3 is 1. The Labute approximate surface area is 383 Å². The van der Waals surface area contributed by atoms with Crippen molar-refractivity contribution in [2.24, 2.45) is 5.92 Å². The lowest BCUT2D eigenvalue weighted by Crippen LogP contribution is -2.58. The molecule has 0 bridgehead atoms. The molecule has 5 atom stereocenters. The third-order valence-electron chi connectivity index (χ3n) is 13.0. The van der Waals surface area contributed by atoms with E-state index in [4.69, 9.17) is 19.4 Å². The number of alkyl halides is 3. The Morgan fingerprint density at radius 2 is 1.80 bits per heavy atom. The molecule has 14 nitrogen and oxygen atoms in total. The van der Waals surface area contributed by atoms with Gasteiger partial charge in [-0.2, -0.15) is 0 Å². The minimum Gasteiger partial charge on any atom is -0.496 e. The maximum Gasteiger partial charge on any atom is 0.573 e. The molecule has 0 radical (unpaired) electrons. The molecule has 2 aliphatic carbocycles. The molecule has 3 fully saturated rings. The Bertz CT molecular complexity index is 2690. The van der Waals surface area contributed by atoms with Crippen LogP contribution in [0.25, 0.3) is 21.6 Å². The zero-order valence-corrected chi connectivity index (χ0v) is 38.7. The Hall–Kier alpha value is -5.50. The van der Waals surface area contributed by atoms with Gasteiger partial charge in [0.05, 0.1) is 29.6 Å². The first kappa shape index (κ1) is 47.0. The molecule has 66 heavy (non-hydrogen) atoms. The second-order valence-corrected chi connectivity index (χ2v) is 21.2. The molecular formula is C46H52F4N6O8S2. The predicted molar refractivity (Wildman–Crippen MR) is 239 cm³/mol. The Morgan fingerprint density at radius 3 is 2.48 bits per heavy atom. The second-order valence-electron chi connectivity index (χ2n) is 18.1. The van der Waals surface area contributed by atoms with E-state index in [0.29, 0.717) is 71.6 Å². The SMILES string of the molecule is COc1ccc2c(OC3CC4C(=O)NC5(C(=O)NS(=O)(=O)C6(C)CC6)CC5C=CCCCCCC(Nc5ccc(OC(F)(F)F)c(F)c5)C(=O)N4C3)cc(-c3nc(C(C)C)cs3)nc2c1C. The summed E-state index contributed by atoms with van der Waals surface area (Å²) in [5, 5.41) is 9.12. The number of aryl methyl sites for hydroxylation is 1. The Morgan fingerprint density at radius 1 is 1.05 bits per heavy atom. The summed E-state index contributed by atoms with van der Waals surface area (Å²) >= 11 is 1.43. The zero-order valence-electron chi connectivity index (χ0n) is 37.1. The number of allylic oxidation sites excluding steroid dienone is 1. The van der Waals surface area contributed by atoms with Crippen LogP contribution >= 0.6 is 11.3 Å². The fraction of sp³-hybridized carbons (Fsp3) is 0.500. The Kier molecular flexibility index (Phi) is 12.8. The van der Waals surface area contributed by atoms with Gasteiger partial charge in [-0.05, 0) is 82.6 Å². The van der Waals surface area contributed by atoms with Crippen LogP contribution in [0.1, 0.15) is 95.7 Å². The summed E-state index contributed by atoms with van der Waals surface area (Å²) in [7, 11) is -2.52. The first-order chi connectivity index (χ1) is 31.2. The zero-order chi connectivity index (χ0) is 47.3. The van der Waals surface area contributed by atoms with Gasteiger partial charge in [0, 0.05) is 46.5 Å². The van der Waals surface area contributed by atoms with Crippen molar-refractivity contribution in [3.63, 3.8) is 0 Å². The molecule has 1 saturated heterocycles.